The normalized spacial score (nSPS) is 25.6. The average molecular weight is 1630 g/mol. The largest absolute Gasteiger partial charge is 0.472 e. The van der Waals surface area contributed by atoms with Crippen LogP contribution in [0.3, 0.4) is 0 Å². The van der Waals surface area contributed by atoms with Crippen molar-refractivity contribution >= 4 is 31.7 Å². The van der Waals surface area contributed by atoms with E-state index in [1.165, 1.54) is 128 Å². The van der Waals surface area contributed by atoms with Crippen molar-refractivity contribution in [2.24, 2.45) is 0 Å². The molecule has 1 saturated carbocycles. The summed E-state index contributed by atoms with van der Waals surface area (Å²) in [5, 5.41) is 102. The highest BCUT2D eigenvalue weighted by atomic mass is 31.2. The van der Waals surface area contributed by atoms with Gasteiger partial charge in [-0.2, -0.15) is 0 Å². The molecule has 3 fully saturated rings. The maximum Gasteiger partial charge on any atom is 0.472 e. The highest BCUT2D eigenvalue weighted by molar-refractivity contribution is 7.47. The van der Waals surface area contributed by atoms with Crippen LogP contribution in [0.25, 0.3) is 0 Å². The molecule has 0 radical (unpaired) electrons. The van der Waals surface area contributed by atoms with Gasteiger partial charge in [-0.1, -0.05) is 270 Å². The zero-order chi connectivity index (χ0) is 82.5. The molecule has 18 atom stereocenters. The SMILES string of the molecule is CCCCCC/C=C\CCCCCCCCCC(=O)OCC1OC(OC2C(OC(=O)CCCCC/C=C\CCCCCCCC)C(O)C(O)C(OC3OC(CO)C(O)C(O)C3O)C2OP(=O)(O)OCC(COC(=O)CCCCCCCCCCCCCCC)OC(=O)CCCCC/C=C\CCCCCCCC)C(O)C(O)C1O. The molecule has 660 valence electrons. The van der Waals surface area contributed by atoms with E-state index in [2.05, 4.69) is 64.2 Å². The van der Waals surface area contributed by atoms with Crippen LogP contribution in [0, 0.1) is 0 Å². The number of phosphoric ester groups is 1. The fourth-order valence-corrected chi connectivity index (χ4v) is 15.4. The number of allylic oxidation sites excluding steroid dienone is 6. The molecule has 113 heavy (non-hydrogen) atoms. The summed E-state index contributed by atoms with van der Waals surface area (Å²) in [6.07, 6.45) is 26.0. The van der Waals surface area contributed by atoms with Crippen LogP contribution in [0.15, 0.2) is 36.5 Å². The van der Waals surface area contributed by atoms with E-state index < -0.39 is 162 Å². The molecular weight excluding hydrogens is 1480 g/mol. The van der Waals surface area contributed by atoms with Crippen molar-refractivity contribution in [3.05, 3.63) is 36.5 Å². The fraction of sp³-hybridized carbons (Fsp3) is 0.885. The lowest BCUT2D eigenvalue weighted by atomic mass is 9.84. The van der Waals surface area contributed by atoms with E-state index in [-0.39, 0.29) is 32.1 Å². The van der Waals surface area contributed by atoms with Crippen LogP contribution in [0.2, 0.25) is 0 Å². The maximum absolute atomic E-state index is 14.9. The van der Waals surface area contributed by atoms with Crippen molar-refractivity contribution in [3.63, 3.8) is 0 Å². The van der Waals surface area contributed by atoms with Gasteiger partial charge in [-0.25, -0.2) is 4.57 Å². The third kappa shape index (κ3) is 47.3. The minimum atomic E-state index is -5.81. The summed E-state index contributed by atoms with van der Waals surface area (Å²) in [5.41, 5.74) is 0. The summed E-state index contributed by atoms with van der Waals surface area (Å²) >= 11 is 0. The number of carbonyl (C=O) groups is 4. The zero-order valence-corrected chi connectivity index (χ0v) is 70.8. The summed E-state index contributed by atoms with van der Waals surface area (Å²) < 4.78 is 73.2. The lowest BCUT2D eigenvalue weighted by Gasteiger charge is -2.50. The fourth-order valence-electron chi connectivity index (χ4n) is 14.4. The number of rotatable bonds is 71. The van der Waals surface area contributed by atoms with Crippen LogP contribution in [0.5, 0.6) is 0 Å². The van der Waals surface area contributed by atoms with E-state index in [4.69, 9.17) is 46.9 Å². The molecule has 0 spiro atoms. The van der Waals surface area contributed by atoms with Crippen molar-refractivity contribution in [2.45, 2.75) is 466 Å². The van der Waals surface area contributed by atoms with Gasteiger partial charge in [-0.15, -0.1) is 0 Å². The van der Waals surface area contributed by atoms with Gasteiger partial charge in [0, 0.05) is 25.7 Å². The first-order valence-corrected chi connectivity index (χ1v) is 46.2. The molecule has 25 nitrogen and oxygen atoms in total. The Morgan fingerprint density at radius 2 is 0.664 bits per heavy atom. The Morgan fingerprint density at radius 1 is 0.345 bits per heavy atom. The first-order chi connectivity index (χ1) is 54.7. The highest BCUT2D eigenvalue weighted by Gasteiger charge is 2.60. The van der Waals surface area contributed by atoms with Crippen molar-refractivity contribution in [1.29, 1.82) is 0 Å². The molecule has 0 aromatic heterocycles. The first kappa shape index (κ1) is 104. The quantitative estimate of drug-likeness (QED) is 0.00889. The van der Waals surface area contributed by atoms with Gasteiger partial charge in [-0.3, -0.25) is 28.2 Å². The molecule has 18 unspecified atom stereocenters. The Bertz CT molecular complexity index is 2510. The molecule has 2 heterocycles. The third-order valence-electron chi connectivity index (χ3n) is 21.6. The Hall–Kier alpha value is -3.31. The second-order valence-corrected chi connectivity index (χ2v) is 33.1. The molecule has 0 aromatic rings. The van der Waals surface area contributed by atoms with Gasteiger partial charge in [0.25, 0.3) is 0 Å². The van der Waals surface area contributed by atoms with E-state index in [9.17, 15) is 74.6 Å². The maximum atomic E-state index is 14.9. The van der Waals surface area contributed by atoms with E-state index in [0.717, 1.165) is 135 Å². The number of phosphoric acid groups is 1. The number of hydrogen-bond acceptors (Lipinski definition) is 24. The topological polar surface area (TPSA) is 380 Å². The smallest absolute Gasteiger partial charge is 0.463 e. The average Bonchev–Trinajstić information content (AvgIpc) is 0.754. The highest BCUT2D eigenvalue weighted by Crippen LogP contribution is 2.49. The molecular formula is C87H157O25P. The van der Waals surface area contributed by atoms with Crippen molar-refractivity contribution < 1.29 is 122 Å². The number of unbranched alkanes of at least 4 members (excludes halogenated alkanes) is 41. The number of aliphatic hydroxyl groups is 9. The van der Waals surface area contributed by atoms with E-state index in [1.807, 2.05) is 0 Å². The van der Waals surface area contributed by atoms with Crippen molar-refractivity contribution in [3.8, 4) is 0 Å². The molecule has 0 bridgehead atoms. The molecule has 2 aliphatic heterocycles. The number of hydrogen-bond donors (Lipinski definition) is 10. The van der Waals surface area contributed by atoms with Crippen molar-refractivity contribution in [2.75, 3.05) is 26.4 Å². The van der Waals surface area contributed by atoms with Gasteiger partial charge in [-0.05, 0) is 103 Å². The van der Waals surface area contributed by atoms with E-state index in [0.29, 0.717) is 38.5 Å². The van der Waals surface area contributed by atoms with Gasteiger partial charge in [0.1, 0.15) is 92.6 Å². The standard InChI is InChI=1S/C87H157O25P/c1-5-9-13-17-21-25-29-33-34-38-40-44-48-52-56-60-71(90)104-66-69-75(94)77(96)81(100)87(108-69)111-84-82(109-73(92)62-58-54-50-46-42-37-32-28-24-20-16-12-8-4)78(97)79(98)83(110-86-80(99)76(95)74(93)68(63-88)107-86)85(84)112-113(101,102)105-65-67(106-72(91)61-57-53-49-45-41-36-31-27-23-19-15-11-7-3)64-103-70(89)59-55-51-47-43-39-35-30-26-22-18-14-10-6-2/h25,29,36-37,41-42,67-69,74-88,93-100H,5-24,26-28,30-35,38-40,43-66H2,1-4H3,(H,101,102)/b29-25-,41-36-,42-37-. The summed E-state index contributed by atoms with van der Waals surface area (Å²) in [6, 6.07) is 0. The van der Waals surface area contributed by atoms with Gasteiger partial charge >= 0.3 is 31.7 Å². The van der Waals surface area contributed by atoms with Crippen LogP contribution >= 0.6 is 7.82 Å². The van der Waals surface area contributed by atoms with Gasteiger partial charge in [0.15, 0.2) is 24.8 Å². The van der Waals surface area contributed by atoms with Crippen LogP contribution in [0.4, 0.5) is 0 Å². The van der Waals surface area contributed by atoms with Gasteiger partial charge < -0.3 is 88.7 Å². The van der Waals surface area contributed by atoms with E-state index in [1.54, 1.807) is 0 Å². The van der Waals surface area contributed by atoms with Crippen LogP contribution in [-0.4, -0.2) is 205 Å². The number of esters is 4. The molecule has 26 heteroatoms. The number of carbonyl (C=O) groups excluding carboxylic acids is 4. The van der Waals surface area contributed by atoms with E-state index >= 15 is 0 Å². The Kier molecular flexibility index (Phi) is 61.1. The summed E-state index contributed by atoms with van der Waals surface area (Å²) in [6.45, 7) is 5.50. The predicted molar refractivity (Wildman–Crippen MR) is 435 cm³/mol. The van der Waals surface area contributed by atoms with Crippen LogP contribution in [0.1, 0.15) is 362 Å². The Labute approximate surface area is 678 Å². The molecule has 1 aliphatic carbocycles. The Balaban J connectivity index is 1.94. The lowest BCUT2D eigenvalue weighted by molar-refractivity contribution is -0.360. The molecule has 10 N–H and O–H groups in total. The van der Waals surface area contributed by atoms with Crippen molar-refractivity contribution in [1.82, 2.24) is 0 Å². The minimum absolute atomic E-state index is 0.00630. The zero-order valence-electron chi connectivity index (χ0n) is 69.9. The predicted octanol–water partition coefficient (Wildman–Crippen LogP) is 15.5. The summed E-state index contributed by atoms with van der Waals surface area (Å²) in [4.78, 5) is 66.2. The van der Waals surface area contributed by atoms with Gasteiger partial charge in [0.05, 0.1) is 13.2 Å². The number of aliphatic hydroxyl groups excluding tert-OH is 9. The summed E-state index contributed by atoms with van der Waals surface area (Å²) in [7, 11) is -5.81. The second kappa shape index (κ2) is 66.5. The molecule has 0 amide bonds. The van der Waals surface area contributed by atoms with Gasteiger partial charge in [0.2, 0.25) is 0 Å². The Morgan fingerprint density at radius 3 is 1.07 bits per heavy atom. The third-order valence-corrected chi connectivity index (χ3v) is 22.6. The minimum Gasteiger partial charge on any atom is -0.463 e. The second-order valence-electron chi connectivity index (χ2n) is 31.7. The monoisotopic (exact) mass is 1630 g/mol. The number of ether oxygens (including phenoxy) is 8. The molecule has 2 saturated heterocycles. The summed E-state index contributed by atoms with van der Waals surface area (Å²) in [5.74, 6) is -3.01. The van der Waals surface area contributed by atoms with Crippen LogP contribution < -0.4 is 0 Å². The first-order valence-electron chi connectivity index (χ1n) is 44.7. The molecule has 3 aliphatic rings. The lowest BCUT2D eigenvalue weighted by Crippen LogP contribution is -2.70. The molecule has 3 rings (SSSR count). The molecule has 0 aromatic carbocycles. The van der Waals surface area contributed by atoms with Crippen LogP contribution in [-0.2, 0) is 70.7 Å².